The van der Waals surface area contributed by atoms with Crippen LogP contribution in [0.2, 0.25) is 0 Å². The first-order valence-electron chi connectivity index (χ1n) is 9.26. The number of hydrogen-bond donors (Lipinski definition) is 1. The molecule has 2 heterocycles. The van der Waals surface area contributed by atoms with Gasteiger partial charge in [-0.15, -0.1) is 0 Å². The van der Waals surface area contributed by atoms with Gasteiger partial charge in [-0.05, 0) is 29.8 Å². The van der Waals surface area contributed by atoms with Gasteiger partial charge in [-0.2, -0.15) is 0 Å². The van der Waals surface area contributed by atoms with Crippen molar-refractivity contribution in [3.63, 3.8) is 0 Å². The molecule has 1 fully saturated rings. The Morgan fingerprint density at radius 2 is 1.79 bits per heavy atom. The van der Waals surface area contributed by atoms with Crippen molar-refractivity contribution in [1.29, 1.82) is 0 Å². The SMILES string of the molecule is NC(=O)c1ccc(COC(=O)C2CC(=O)N(c3ccc4c(c3)OCCO4)C2)cc1. The van der Waals surface area contributed by atoms with Crippen LogP contribution in [-0.4, -0.2) is 37.5 Å². The van der Waals surface area contributed by atoms with Crippen molar-refractivity contribution < 1.29 is 28.6 Å². The molecule has 8 heteroatoms. The Bertz CT molecular complexity index is 956. The number of fused-ring (bicyclic) bond motifs is 1. The number of hydrogen-bond acceptors (Lipinski definition) is 6. The van der Waals surface area contributed by atoms with Crippen molar-refractivity contribution >= 4 is 23.5 Å². The van der Waals surface area contributed by atoms with Crippen LogP contribution in [0, 0.1) is 5.92 Å². The van der Waals surface area contributed by atoms with Crippen molar-refractivity contribution in [3.05, 3.63) is 53.6 Å². The number of ether oxygens (including phenoxy) is 3. The summed E-state index contributed by atoms with van der Waals surface area (Å²) in [6.07, 6.45) is 0.0912. The largest absolute Gasteiger partial charge is 0.486 e. The van der Waals surface area contributed by atoms with Gasteiger partial charge >= 0.3 is 5.97 Å². The van der Waals surface area contributed by atoms with Crippen molar-refractivity contribution in [3.8, 4) is 11.5 Å². The Balaban J connectivity index is 1.37. The zero-order valence-electron chi connectivity index (χ0n) is 15.6. The molecule has 2 aromatic carbocycles. The van der Waals surface area contributed by atoms with E-state index < -0.39 is 17.8 Å². The minimum absolute atomic E-state index is 0.0621. The average molecular weight is 396 g/mol. The Labute approximate surface area is 167 Å². The number of benzene rings is 2. The number of anilines is 1. The minimum Gasteiger partial charge on any atom is -0.486 e. The van der Waals surface area contributed by atoms with Crippen molar-refractivity contribution in [2.45, 2.75) is 13.0 Å². The van der Waals surface area contributed by atoms with Gasteiger partial charge in [-0.3, -0.25) is 14.4 Å². The van der Waals surface area contributed by atoms with Crippen molar-refractivity contribution in [2.75, 3.05) is 24.7 Å². The molecule has 2 N–H and O–H groups in total. The summed E-state index contributed by atoms with van der Waals surface area (Å²) in [5, 5.41) is 0. The molecule has 1 atom stereocenters. The quantitative estimate of drug-likeness (QED) is 0.770. The number of nitrogens with zero attached hydrogens (tertiary/aromatic N) is 1. The maximum absolute atomic E-state index is 12.4. The maximum Gasteiger partial charge on any atom is 0.311 e. The number of amides is 2. The van der Waals surface area contributed by atoms with Crippen molar-refractivity contribution in [2.24, 2.45) is 11.7 Å². The molecule has 0 aliphatic carbocycles. The van der Waals surface area contributed by atoms with E-state index in [4.69, 9.17) is 19.9 Å². The first kappa shape index (κ1) is 18.8. The zero-order chi connectivity index (χ0) is 20.4. The maximum atomic E-state index is 12.4. The number of rotatable bonds is 5. The van der Waals surface area contributed by atoms with Crippen LogP contribution in [0.15, 0.2) is 42.5 Å². The van der Waals surface area contributed by atoms with E-state index in [1.807, 2.05) is 0 Å². The highest BCUT2D eigenvalue weighted by Gasteiger charge is 2.36. The fraction of sp³-hybridized carbons (Fsp3) is 0.286. The van der Waals surface area contributed by atoms with Crippen LogP contribution in [0.4, 0.5) is 5.69 Å². The summed E-state index contributed by atoms with van der Waals surface area (Å²) in [6.45, 7) is 1.26. The molecular formula is C21H20N2O6. The summed E-state index contributed by atoms with van der Waals surface area (Å²) in [4.78, 5) is 37.5. The van der Waals surface area contributed by atoms with Gasteiger partial charge in [-0.1, -0.05) is 12.1 Å². The third-order valence-electron chi connectivity index (χ3n) is 4.92. The van der Waals surface area contributed by atoms with E-state index in [0.717, 1.165) is 5.56 Å². The van der Waals surface area contributed by atoms with Gasteiger partial charge < -0.3 is 24.8 Å². The summed E-state index contributed by atoms with van der Waals surface area (Å²) >= 11 is 0. The predicted molar refractivity (Wildman–Crippen MR) is 103 cm³/mol. The molecule has 2 aromatic rings. The lowest BCUT2D eigenvalue weighted by Crippen LogP contribution is -2.26. The Morgan fingerprint density at radius 3 is 2.52 bits per heavy atom. The molecular weight excluding hydrogens is 376 g/mol. The molecule has 4 rings (SSSR count). The summed E-state index contributed by atoms with van der Waals surface area (Å²) in [5.41, 5.74) is 6.99. The molecule has 1 unspecified atom stereocenters. The Morgan fingerprint density at radius 1 is 1.07 bits per heavy atom. The summed E-state index contributed by atoms with van der Waals surface area (Å²) < 4.78 is 16.4. The van der Waals surface area contributed by atoms with E-state index in [0.29, 0.717) is 36.0 Å². The van der Waals surface area contributed by atoms with Gasteiger partial charge in [0.1, 0.15) is 19.8 Å². The standard InChI is InChI=1S/C21H20N2O6/c22-20(25)14-3-1-13(2-4-14)12-29-21(26)15-9-19(24)23(11-15)16-5-6-17-18(10-16)28-8-7-27-17/h1-6,10,15H,7-9,11-12H2,(H2,22,25). The second-order valence-electron chi connectivity index (χ2n) is 6.90. The molecule has 1 saturated heterocycles. The van der Waals surface area contributed by atoms with Crippen molar-refractivity contribution in [1.82, 2.24) is 0 Å². The van der Waals surface area contributed by atoms with Crippen LogP contribution >= 0.6 is 0 Å². The second kappa shape index (κ2) is 7.83. The number of esters is 1. The highest BCUT2D eigenvalue weighted by atomic mass is 16.6. The molecule has 29 heavy (non-hydrogen) atoms. The monoisotopic (exact) mass is 396 g/mol. The molecule has 0 aromatic heterocycles. The number of nitrogens with two attached hydrogens (primary N) is 1. The molecule has 2 aliphatic rings. The lowest BCUT2D eigenvalue weighted by atomic mass is 10.1. The normalized spacial score (nSPS) is 17.9. The smallest absolute Gasteiger partial charge is 0.311 e. The molecule has 2 aliphatic heterocycles. The zero-order valence-corrected chi connectivity index (χ0v) is 15.6. The molecule has 0 spiro atoms. The third-order valence-corrected chi connectivity index (χ3v) is 4.92. The first-order chi connectivity index (χ1) is 14.0. The molecule has 150 valence electrons. The van der Waals surface area contributed by atoms with Crippen LogP contribution in [0.5, 0.6) is 11.5 Å². The fourth-order valence-electron chi connectivity index (χ4n) is 3.35. The number of carbonyl (C=O) groups is 3. The van der Waals surface area contributed by atoms with Crippen LogP contribution in [0.25, 0.3) is 0 Å². The van der Waals surface area contributed by atoms with Crippen LogP contribution < -0.4 is 20.1 Å². The lowest BCUT2D eigenvalue weighted by molar-refractivity contribution is -0.149. The highest BCUT2D eigenvalue weighted by molar-refractivity contribution is 5.99. The molecule has 8 nitrogen and oxygen atoms in total. The van der Waals surface area contributed by atoms with E-state index >= 15 is 0 Å². The summed E-state index contributed by atoms with van der Waals surface area (Å²) in [5.74, 6) is -0.401. The van der Waals surface area contributed by atoms with Crippen LogP contribution in [0.1, 0.15) is 22.3 Å². The summed E-state index contributed by atoms with van der Waals surface area (Å²) in [7, 11) is 0. The fourth-order valence-corrected chi connectivity index (χ4v) is 3.35. The van der Waals surface area contributed by atoms with Gasteiger partial charge in [0.05, 0.1) is 5.92 Å². The predicted octanol–water partition coefficient (Wildman–Crippen LogP) is 1.65. The van der Waals surface area contributed by atoms with Gasteiger partial charge in [0.25, 0.3) is 0 Å². The molecule has 0 saturated carbocycles. The molecule has 0 bridgehead atoms. The van der Waals surface area contributed by atoms with E-state index in [1.54, 1.807) is 47.4 Å². The molecule has 2 amide bonds. The minimum atomic E-state index is -0.541. The van der Waals surface area contributed by atoms with Gasteiger partial charge in [-0.25, -0.2) is 0 Å². The second-order valence-corrected chi connectivity index (χ2v) is 6.90. The van der Waals surface area contributed by atoms with E-state index in [9.17, 15) is 14.4 Å². The lowest BCUT2D eigenvalue weighted by Gasteiger charge is -2.22. The summed E-state index contributed by atoms with van der Waals surface area (Å²) in [6, 6.07) is 11.8. The van der Waals surface area contributed by atoms with Crippen LogP contribution in [-0.2, 0) is 20.9 Å². The molecule has 0 radical (unpaired) electrons. The van der Waals surface area contributed by atoms with Gasteiger partial charge in [0.2, 0.25) is 11.8 Å². The van der Waals surface area contributed by atoms with E-state index in [1.165, 1.54) is 0 Å². The Hall–Kier alpha value is -3.55. The average Bonchev–Trinajstić information content (AvgIpc) is 3.13. The topological polar surface area (TPSA) is 108 Å². The Kier molecular flexibility index (Phi) is 5.07. The first-order valence-corrected chi connectivity index (χ1v) is 9.26. The van der Waals surface area contributed by atoms with Gasteiger partial charge in [0, 0.05) is 30.3 Å². The number of primary amides is 1. The van der Waals surface area contributed by atoms with Crippen LogP contribution in [0.3, 0.4) is 0 Å². The van der Waals surface area contributed by atoms with E-state index in [-0.39, 0.29) is 25.5 Å². The van der Waals surface area contributed by atoms with Gasteiger partial charge in [0.15, 0.2) is 11.5 Å². The third kappa shape index (κ3) is 4.01. The number of carbonyl (C=O) groups excluding carboxylic acids is 3. The highest BCUT2D eigenvalue weighted by Crippen LogP contribution is 2.36. The van der Waals surface area contributed by atoms with E-state index in [2.05, 4.69) is 0 Å².